The Hall–Kier alpha value is -2.04. The molecule has 0 unspecified atom stereocenters. The molecule has 2 heterocycles. The van der Waals surface area contributed by atoms with E-state index in [0.29, 0.717) is 19.6 Å². The van der Waals surface area contributed by atoms with Crippen molar-refractivity contribution in [1.82, 2.24) is 4.90 Å². The van der Waals surface area contributed by atoms with Gasteiger partial charge in [0.2, 0.25) is 0 Å². The zero-order valence-electron chi connectivity index (χ0n) is 11.5. The molecule has 3 rings (SSSR count). The van der Waals surface area contributed by atoms with Gasteiger partial charge in [0.1, 0.15) is 0 Å². The second-order valence-electron chi connectivity index (χ2n) is 5.61. The Morgan fingerprint density at radius 2 is 2.05 bits per heavy atom. The molecule has 1 saturated heterocycles. The van der Waals surface area contributed by atoms with Crippen molar-refractivity contribution >= 4 is 17.7 Å². The molecule has 5 heteroatoms. The Balaban J connectivity index is 1.76. The average molecular weight is 274 g/mol. The van der Waals surface area contributed by atoms with Gasteiger partial charge in [0.25, 0.3) is 0 Å². The summed E-state index contributed by atoms with van der Waals surface area (Å²) in [5.74, 6) is -1.22. The van der Waals surface area contributed by atoms with E-state index in [1.165, 1.54) is 11.1 Å². The molecular weight excluding hydrogens is 256 g/mol. The maximum Gasteiger partial charge on any atom is 0.324 e. The van der Waals surface area contributed by atoms with Crippen molar-refractivity contribution in [2.45, 2.75) is 19.8 Å². The fourth-order valence-corrected chi connectivity index (χ4v) is 2.89. The number of aryl methyl sites for hydroxylation is 2. The summed E-state index contributed by atoms with van der Waals surface area (Å²) in [6.45, 7) is 3.41. The quantitative estimate of drug-likeness (QED) is 0.850. The van der Waals surface area contributed by atoms with Gasteiger partial charge in [-0.3, -0.25) is 9.69 Å². The number of anilines is 1. The van der Waals surface area contributed by atoms with Gasteiger partial charge >= 0.3 is 12.0 Å². The summed E-state index contributed by atoms with van der Waals surface area (Å²) >= 11 is 0. The fourth-order valence-electron chi connectivity index (χ4n) is 2.89. The lowest BCUT2D eigenvalue weighted by atomic mass is 9.98. The Labute approximate surface area is 117 Å². The predicted molar refractivity (Wildman–Crippen MR) is 74.9 cm³/mol. The van der Waals surface area contributed by atoms with Crippen molar-refractivity contribution in [3.05, 3.63) is 29.3 Å². The molecule has 106 valence electrons. The molecule has 0 aliphatic carbocycles. The summed E-state index contributed by atoms with van der Waals surface area (Å²) in [4.78, 5) is 26.7. The lowest BCUT2D eigenvalue weighted by molar-refractivity contribution is -0.146. The van der Waals surface area contributed by atoms with Crippen LogP contribution in [0, 0.1) is 12.8 Å². The Bertz CT molecular complexity index is 564. The highest BCUT2D eigenvalue weighted by Gasteiger charge is 2.38. The van der Waals surface area contributed by atoms with Gasteiger partial charge in [0.05, 0.1) is 5.92 Å². The molecule has 1 N–H and O–H groups in total. The van der Waals surface area contributed by atoms with Crippen LogP contribution in [0.25, 0.3) is 0 Å². The standard InChI is InChI=1S/C15H18N2O3/c1-10-4-5-13-11(7-10)3-2-6-17(13)15(20)16-8-12(9-16)14(18)19/h4-5,7,12H,2-3,6,8-9H2,1H3,(H,18,19). The lowest BCUT2D eigenvalue weighted by Crippen LogP contribution is -2.57. The van der Waals surface area contributed by atoms with Gasteiger partial charge in [0, 0.05) is 25.3 Å². The number of urea groups is 1. The number of nitrogens with zero attached hydrogens (tertiary/aromatic N) is 2. The van der Waals surface area contributed by atoms with Crippen LogP contribution in [-0.2, 0) is 11.2 Å². The van der Waals surface area contributed by atoms with E-state index in [1.54, 1.807) is 9.80 Å². The Morgan fingerprint density at radius 3 is 2.75 bits per heavy atom. The monoisotopic (exact) mass is 274 g/mol. The van der Waals surface area contributed by atoms with Crippen LogP contribution in [0.2, 0.25) is 0 Å². The molecule has 1 fully saturated rings. The molecule has 2 aliphatic heterocycles. The summed E-state index contributed by atoms with van der Waals surface area (Å²) in [6.07, 6.45) is 1.96. The molecule has 0 atom stereocenters. The third-order valence-electron chi connectivity index (χ3n) is 4.09. The topological polar surface area (TPSA) is 60.9 Å². The zero-order chi connectivity index (χ0) is 14.3. The van der Waals surface area contributed by atoms with Gasteiger partial charge in [-0.25, -0.2) is 4.79 Å². The molecule has 2 aliphatic rings. The molecule has 0 bridgehead atoms. The minimum absolute atomic E-state index is 0.0627. The number of fused-ring (bicyclic) bond motifs is 1. The minimum Gasteiger partial charge on any atom is -0.481 e. The van der Waals surface area contributed by atoms with Crippen LogP contribution in [0.15, 0.2) is 18.2 Å². The SMILES string of the molecule is Cc1ccc2c(c1)CCCN2C(=O)N1CC(C(=O)O)C1. The predicted octanol–water partition coefficient (Wildman–Crippen LogP) is 1.88. The number of carboxylic acid groups (broad SMARTS) is 1. The molecule has 0 spiro atoms. The van der Waals surface area contributed by atoms with Crippen molar-refractivity contribution < 1.29 is 14.7 Å². The van der Waals surface area contributed by atoms with Crippen molar-refractivity contribution in [2.75, 3.05) is 24.5 Å². The summed E-state index contributed by atoms with van der Waals surface area (Å²) in [5, 5.41) is 8.88. The van der Waals surface area contributed by atoms with Gasteiger partial charge in [-0.1, -0.05) is 17.7 Å². The maximum absolute atomic E-state index is 12.5. The van der Waals surface area contributed by atoms with E-state index in [2.05, 4.69) is 6.07 Å². The van der Waals surface area contributed by atoms with Crippen LogP contribution in [0.1, 0.15) is 17.5 Å². The molecule has 0 radical (unpaired) electrons. The van der Waals surface area contributed by atoms with E-state index in [0.717, 1.165) is 18.5 Å². The van der Waals surface area contributed by atoms with Crippen LogP contribution in [0.3, 0.4) is 0 Å². The first-order valence-electron chi connectivity index (χ1n) is 6.95. The van der Waals surface area contributed by atoms with Crippen LogP contribution in [-0.4, -0.2) is 41.6 Å². The number of rotatable bonds is 1. The second kappa shape index (κ2) is 4.81. The highest BCUT2D eigenvalue weighted by Crippen LogP contribution is 2.30. The zero-order valence-corrected chi connectivity index (χ0v) is 11.5. The van der Waals surface area contributed by atoms with Crippen LogP contribution in [0.4, 0.5) is 10.5 Å². The average Bonchev–Trinajstić information content (AvgIpc) is 2.35. The van der Waals surface area contributed by atoms with Crippen LogP contribution >= 0.6 is 0 Å². The van der Waals surface area contributed by atoms with Crippen LogP contribution in [0.5, 0.6) is 0 Å². The first-order valence-corrected chi connectivity index (χ1v) is 6.95. The number of amides is 2. The van der Waals surface area contributed by atoms with Crippen molar-refractivity contribution in [2.24, 2.45) is 5.92 Å². The molecule has 0 aromatic heterocycles. The fraction of sp³-hybridized carbons (Fsp3) is 0.467. The summed E-state index contributed by atoms with van der Waals surface area (Å²) in [5.41, 5.74) is 3.39. The van der Waals surface area contributed by atoms with E-state index in [1.807, 2.05) is 19.1 Å². The highest BCUT2D eigenvalue weighted by molar-refractivity contribution is 5.94. The first kappa shape index (κ1) is 13.0. The molecule has 0 saturated carbocycles. The molecule has 2 amide bonds. The van der Waals surface area contributed by atoms with Gasteiger partial charge < -0.3 is 10.0 Å². The van der Waals surface area contributed by atoms with Gasteiger partial charge in [-0.05, 0) is 31.4 Å². The van der Waals surface area contributed by atoms with Crippen molar-refractivity contribution in [3.63, 3.8) is 0 Å². The number of carboxylic acids is 1. The number of hydrogen-bond donors (Lipinski definition) is 1. The number of carbonyl (C=O) groups is 2. The summed E-state index contributed by atoms with van der Waals surface area (Å²) < 4.78 is 0. The minimum atomic E-state index is -0.816. The third kappa shape index (κ3) is 2.13. The van der Waals surface area contributed by atoms with E-state index in [9.17, 15) is 9.59 Å². The van der Waals surface area contributed by atoms with E-state index >= 15 is 0 Å². The first-order chi connectivity index (χ1) is 9.56. The van der Waals surface area contributed by atoms with Gasteiger partial charge in [0.15, 0.2) is 0 Å². The number of aliphatic carboxylic acids is 1. The Morgan fingerprint density at radius 1 is 1.30 bits per heavy atom. The van der Waals surface area contributed by atoms with Gasteiger partial charge in [-0.15, -0.1) is 0 Å². The van der Waals surface area contributed by atoms with E-state index in [-0.39, 0.29) is 6.03 Å². The normalized spacial score (nSPS) is 18.4. The maximum atomic E-state index is 12.5. The van der Waals surface area contributed by atoms with Crippen molar-refractivity contribution in [1.29, 1.82) is 0 Å². The molecule has 20 heavy (non-hydrogen) atoms. The van der Waals surface area contributed by atoms with E-state index < -0.39 is 11.9 Å². The molecule has 5 nitrogen and oxygen atoms in total. The number of likely N-dealkylation sites (tertiary alicyclic amines) is 1. The van der Waals surface area contributed by atoms with Crippen LogP contribution < -0.4 is 4.90 Å². The van der Waals surface area contributed by atoms with Gasteiger partial charge in [-0.2, -0.15) is 0 Å². The number of hydrogen-bond acceptors (Lipinski definition) is 2. The van der Waals surface area contributed by atoms with Crippen molar-refractivity contribution in [3.8, 4) is 0 Å². The molecule has 1 aromatic rings. The van der Waals surface area contributed by atoms with E-state index in [4.69, 9.17) is 5.11 Å². The smallest absolute Gasteiger partial charge is 0.324 e. The second-order valence-corrected chi connectivity index (χ2v) is 5.61. The number of benzene rings is 1. The third-order valence-corrected chi connectivity index (χ3v) is 4.09. The molecule has 1 aromatic carbocycles. The largest absolute Gasteiger partial charge is 0.481 e. The number of carbonyl (C=O) groups excluding carboxylic acids is 1. The Kier molecular flexibility index (Phi) is 3.12. The summed E-state index contributed by atoms with van der Waals surface area (Å²) in [7, 11) is 0. The summed E-state index contributed by atoms with van der Waals surface area (Å²) in [6, 6.07) is 6.08. The highest BCUT2D eigenvalue weighted by atomic mass is 16.4. The molecular formula is C15H18N2O3. The lowest BCUT2D eigenvalue weighted by Gasteiger charge is -2.41.